The molecule has 1 aliphatic rings. The molecular weight excluding hydrogens is 376 g/mol. The van der Waals surface area contributed by atoms with Gasteiger partial charge in [0.05, 0.1) is 5.56 Å². The van der Waals surface area contributed by atoms with Gasteiger partial charge in [-0.1, -0.05) is 31.5 Å². The van der Waals surface area contributed by atoms with Crippen LogP contribution in [0.3, 0.4) is 0 Å². The van der Waals surface area contributed by atoms with Crippen LogP contribution in [-0.4, -0.2) is 34.0 Å². The first-order valence-electron chi connectivity index (χ1n) is 9.60. The summed E-state index contributed by atoms with van der Waals surface area (Å²) in [7, 11) is 0. The molecule has 3 aromatic rings. The molecular formula is C22H23ClN2O3. The molecule has 2 aromatic carbocycles. The SMILES string of the molecule is CC(C)c1ccc(O)c(C(=O)N2CCC(c3nc4cc(Cl)ccc4o3)CC2)c1. The highest BCUT2D eigenvalue weighted by Crippen LogP contribution is 2.32. The number of benzene rings is 2. The van der Waals surface area contributed by atoms with Gasteiger partial charge in [0, 0.05) is 24.0 Å². The number of rotatable bonds is 3. The predicted octanol–water partition coefficient (Wildman–Crippen LogP) is 5.33. The van der Waals surface area contributed by atoms with E-state index in [4.69, 9.17) is 16.0 Å². The van der Waals surface area contributed by atoms with E-state index >= 15 is 0 Å². The Hall–Kier alpha value is -2.53. The summed E-state index contributed by atoms with van der Waals surface area (Å²) in [4.78, 5) is 19.3. The number of halogens is 1. The smallest absolute Gasteiger partial charge is 0.257 e. The van der Waals surface area contributed by atoms with Crippen LogP contribution < -0.4 is 0 Å². The van der Waals surface area contributed by atoms with Crippen LogP contribution >= 0.6 is 11.6 Å². The predicted molar refractivity (Wildman–Crippen MR) is 109 cm³/mol. The third-order valence-corrected chi connectivity index (χ3v) is 5.65. The number of carbonyl (C=O) groups excluding carboxylic acids is 1. The molecule has 28 heavy (non-hydrogen) atoms. The van der Waals surface area contributed by atoms with Crippen molar-refractivity contribution in [2.45, 2.75) is 38.5 Å². The van der Waals surface area contributed by atoms with Crippen molar-refractivity contribution >= 4 is 28.6 Å². The van der Waals surface area contributed by atoms with Gasteiger partial charge in [-0.05, 0) is 54.7 Å². The third-order valence-electron chi connectivity index (χ3n) is 5.42. The molecule has 146 valence electrons. The van der Waals surface area contributed by atoms with E-state index in [1.54, 1.807) is 29.2 Å². The Kier molecular flexibility index (Phi) is 5.02. The molecule has 1 aliphatic heterocycles. The zero-order valence-corrected chi connectivity index (χ0v) is 16.7. The minimum absolute atomic E-state index is 0.0346. The standard InChI is InChI=1S/C22H23ClN2O3/c1-13(2)15-3-5-19(26)17(11-15)22(27)25-9-7-14(8-10-25)21-24-18-12-16(23)4-6-20(18)28-21/h3-6,11-14,26H,7-10H2,1-2H3. The third kappa shape index (κ3) is 3.59. The Bertz CT molecular complexity index is 1020. The van der Waals surface area contributed by atoms with Gasteiger partial charge in [-0.25, -0.2) is 4.98 Å². The quantitative estimate of drug-likeness (QED) is 0.647. The highest BCUT2D eigenvalue weighted by atomic mass is 35.5. The summed E-state index contributed by atoms with van der Waals surface area (Å²) in [6.07, 6.45) is 1.55. The first-order chi connectivity index (χ1) is 13.4. The number of phenolic OH excluding ortho intramolecular Hbond substituents is 1. The fourth-order valence-corrected chi connectivity index (χ4v) is 3.84. The number of amides is 1. The van der Waals surface area contributed by atoms with E-state index in [0.717, 1.165) is 29.5 Å². The van der Waals surface area contributed by atoms with Gasteiger partial charge in [-0.15, -0.1) is 0 Å². The summed E-state index contributed by atoms with van der Waals surface area (Å²) in [5.74, 6) is 1.08. The number of likely N-dealkylation sites (tertiary alicyclic amines) is 1. The molecule has 5 nitrogen and oxygen atoms in total. The van der Waals surface area contributed by atoms with Crippen LogP contribution in [0.25, 0.3) is 11.1 Å². The molecule has 0 radical (unpaired) electrons. The number of fused-ring (bicyclic) bond motifs is 1. The molecule has 1 fully saturated rings. The van der Waals surface area contributed by atoms with Gasteiger partial charge >= 0.3 is 0 Å². The molecule has 4 rings (SSSR count). The second-order valence-electron chi connectivity index (χ2n) is 7.66. The topological polar surface area (TPSA) is 66.6 Å². The largest absolute Gasteiger partial charge is 0.507 e. The zero-order chi connectivity index (χ0) is 19.8. The first-order valence-corrected chi connectivity index (χ1v) is 9.98. The molecule has 1 saturated heterocycles. The second-order valence-corrected chi connectivity index (χ2v) is 8.10. The summed E-state index contributed by atoms with van der Waals surface area (Å²) >= 11 is 6.02. The van der Waals surface area contributed by atoms with Gasteiger partial charge < -0.3 is 14.4 Å². The lowest BCUT2D eigenvalue weighted by molar-refractivity contribution is 0.0703. The lowest BCUT2D eigenvalue weighted by Gasteiger charge is -2.31. The number of nitrogens with zero attached hydrogens (tertiary/aromatic N) is 2. The molecule has 0 spiro atoms. The highest BCUT2D eigenvalue weighted by Gasteiger charge is 2.28. The number of hydrogen-bond donors (Lipinski definition) is 1. The summed E-state index contributed by atoms with van der Waals surface area (Å²) in [6, 6.07) is 10.7. The van der Waals surface area contributed by atoms with Gasteiger partial charge in [-0.3, -0.25) is 4.79 Å². The maximum Gasteiger partial charge on any atom is 0.257 e. The Labute approximate surface area is 168 Å². The van der Waals surface area contributed by atoms with Crippen molar-refractivity contribution in [1.82, 2.24) is 9.88 Å². The number of piperidine rings is 1. The van der Waals surface area contributed by atoms with Crippen LogP contribution in [0.1, 0.15) is 60.3 Å². The molecule has 0 atom stereocenters. The lowest BCUT2D eigenvalue weighted by Crippen LogP contribution is -2.38. The number of aromatic nitrogens is 1. The molecule has 0 unspecified atom stereocenters. The van der Waals surface area contributed by atoms with E-state index in [0.29, 0.717) is 35.5 Å². The van der Waals surface area contributed by atoms with Gasteiger partial charge in [-0.2, -0.15) is 0 Å². The lowest BCUT2D eigenvalue weighted by atomic mass is 9.95. The fraction of sp³-hybridized carbons (Fsp3) is 0.364. The molecule has 6 heteroatoms. The van der Waals surface area contributed by atoms with E-state index in [1.807, 2.05) is 12.1 Å². The Morgan fingerprint density at radius 2 is 1.96 bits per heavy atom. The minimum Gasteiger partial charge on any atom is -0.507 e. The van der Waals surface area contributed by atoms with Gasteiger partial charge in [0.15, 0.2) is 11.5 Å². The van der Waals surface area contributed by atoms with Crippen LogP contribution in [0, 0.1) is 0 Å². The highest BCUT2D eigenvalue weighted by molar-refractivity contribution is 6.31. The summed E-state index contributed by atoms with van der Waals surface area (Å²) < 4.78 is 5.89. The van der Waals surface area contributed by atoms with Crippen LogP contribution in [0.2, 0.25) is 5.02 Å². The van der Waals surface area contributed by atoms with Gasteiger partial charge in [0.25, 0.3) is 5.91 Å². The molecule has 1 amide bonds. The van der Waals surface area contributed by atoms with Crippen molar-refractivity contribution in [3.8, 4) is 5.75 Å². The average molecular weight is 399 g/mol. The molecule has 1 N–H and O–H groups in total. The van der Waals surface area contributed by atoms with Crippen LogP contribution in [0.5, 0.6) is 5.75 Å². The minimum atomic E-state index is -0.122. The molecule has 1 aromatic heterocycles. The van der Waals surface area contributed by atoms with E-state index in [1.165, 1.54) is 0 Å². The molecule has 0 saturated carbocycles. The average Bonchev–Trinajstić information content (AvgIpc) is 3.11. The fourth-order valence-electron chi connectivity index (χ4n) is 3.68. The number of hydrogen-bond acceptors (Lipinski definition) is 4. The Morgan fingerprint density at radius 1 is 1.21 bits per heavy atom. The molecule has 2 heterocycles. The van der Waals surface area contributed by atoms with Crippen molar-refractivity contribution in [2.24, 2.45) is 0 Å². The first kappa shape index (κ1) is 18.8. The van der Waals surface area contributed by atoms with Crippen molar-refractivity contribution in [2.75, 3.05) is 13.1 Å². The number of aromatic hydroxyl groups is 1. The van der Waals surface area contributed by atoms with Crippen molar-refractivity contribution in [1.29, 1.82) is 0 Å². The van der Waals surface area contributed by atoms with Crippen LogP contribution in [-0.2, 0) is 0 Å². The summed E-state index contributed by atoms with van der Waals surface area (Å²) in [6.45, 7) is 5.35. The normalized spacial score (nSPS) is 15.5. The van der Waals surface area contributed by atoms with Crippen molar-refractivity contribution in [3.63, 3.8) is 0 Å². The maximum atomic E-state index is 12.9. The second kappa shape index (κ2) is 7.47. The molecule has 0 aliphatic carbocycles. The molecule has 0 bridgehead atoms. The maximum absolute atomic E-state index is 12.9. The van der Waals surface area contributed by atoms with Crippen LogP contribution in [0.4, 0.5) is 0 Å². The monoisotopic (exact) mass is 398 g/mol. The van der Waals surface area contributed by atoms with Crippen molar-refractivity contribution in [3.05, 3.63) is 58.4 Å². The van der Waals surface area contributed by atoms with E-state index in [-0.39, 0.29) is 17.6 Å². The van der Waals surface area contributed by atoms with Crippen molar-refractivity contribution < 1.29 is 14.3 Å². The number of carbonyl (C=O) groups is 1. The Balaban J connectivity index is 1.47. The summed E-state index contributed by atoms with van der Waals surface area (Å²) in [5.41, 5.74) is 2.91. The zero-order valence-electron chi connectivity index (χ0n) is 16.0. The summed E-state index contributed by atoms with van der Waals surface area (Å²) in [5, 5.41) is 10.8. The van der Waals surface area contributed by atoms with E-state index < -0.39 is 0 Å². The van der Waals surface area contributed by atoms with Gasteiger partial charge in [0.2, 0.25) is 0 Å². The van der Waals surface area contributed by atoms with E-state index in [2.05, 4.69) is 18.8 Å². The number of phenols is 1. The van der Waals surface area contributed by atoms with E-state index in [9.17, 15) is 9.90 Å². The van der Waals surface area contributed by atoms with Crippen LogP contribution in [0.15, 0.2) is 40.8 Å². The van der Waals surface area contributed by atoms with Gasteiger partial charge in [0.1, 0.15) is 11.3 Å². The Morgan fingerprint density at radius 3 is 2.68 bits per heavy atom. The number of oxazole rings is 1.